The van der Waals surface area contributed by atoms with Crippen molar-refractivity contribution in [3.63, 3.8) is 0 Å². The SMILES string of the molecule is c1ccc(-c2ccc(-c3ccccc3)c(-c3cnc(-c4ccc5c(c4)oc4ccc6c(c7ccccc7n6-c6ccccc6)c45)c(-c4nc(-c5ccccc5)nc(-c5ccccc5)n4)c3)c2)cc1.c1ccc(-c2ccc(-c3ccccc3)c(-c3cnc(-c4ccc5oc6ccc7c(c8ccccc8n7-c7ccccc7)c6c5c4)c(-c4nc(-c5ccccc5)nc(-c5ccccc5)n4)c3)c2)cc1. The van der Waals surface area contributed by atoms with Crippen LogP contribution in [0.3, 0.4) is 0 Å². The van der Waals surface area contributed by atoms with Crippen molar-refractivity contribution >= 4 is 87.5 Å². The van der Waals surface area contributed by atoms with Crippen molar-refractivity contribution in [2.75, 3.05) is 0 Å². The zero-order chi connectivity index (χ0) is 89.9. The molecule has 12 nitrogen and oxygen atoms in total. The second kappa shape index (κ2) is 34.1. The Bertz CT molecular complexity index is 8930. The van der Waals surface area contributed by atoms with Crippen molar-refractivity contribution in [3.8, 4) is 169 Å². The number of benzene rings is 18. The number of nitrogens with zero attached hydrogens (tertiary/aromatic N) is 10. The lowest BCUT2D eigenvalue weighted by Crippen LogP contribution is -2.02. The Balaban J connectivity index is 0.000000145. The van der Waals surface area contributed by atoms with Crippen LogP contribution in [0.4, 0.5) is 0 Å². The molecule has 136 heavy (non-hydrogen) atoms. The summed E-state index contributed by atoms with van der Waals surface area (Å²) < 4.78 is 18.2. The molecule has 0 amide bonds. The highest BCUT2D eigenvalue weighted by Crippen LogP contribution is 2.49. The maximum atomic E-state index is 6.82. The molecule has 8 heterocycles. The second-order valence-corrected chi connectivity index (χ2v) is 34.0. The average molecular weight is 1740 g/mol. The molecule has 18 aromatic carbocycles. The van der Waals surface area contributed by atoms with Gasteiger partial charge in [0.25, 0.3) is 0 Å². The number of hydrogen-bond donors (Lipinski definition) is 0. The second-order valence-electron chi connectivity index (χ2n) is 34.0. The van der Waals surface area contributed by atoms with Gasteiger partial charge in [-0.15, -0.1) is 0 Å². The van der Waals surface area contributed by atoms with Gasteiger partial charge in [-0.25, -0.2) is 29.9 Å². The van der Waals surface area contributed by atoms with Crippen LogP contribution < -0.4 is 0 Å². The fourth-order valence-corrected chi connectivity index (χ4v) is 19.5. The lowest BCUT2D eigenvalue weighted by molar-refractivity contribution is 0.669. The van der Waals surface area contributed by atoms with Gasteiger partial charge in [0, 0.05) is 122 Å². The number of fused-ring (bicyclic) bond motifs is 14. The summed E-state index contributed by atoms with van der Waals surface area (Å²) in [5, 5.41) is 8.82. The molecule has 0 spiro atoms. The normalized spacial score (nSPS) is 11.5. The lowest BCUT2D eigenvalue weighted by atomic mass is 9.90. The molecule has 8 aromatic heterocycles. The number of furan rings is 2. The minimum atomic E-state index is 0.516. The average Bonchev–Trinajstić information content (AvgIpc) is 1.56. The summed E-state index contributed by atoms with van der Waals surface area (Å²) in [6, 6.07) is 160. The zero-order valence-corrected chi connectivity index (χ0v) is 73.3. The van der Waals surface area contributed by atoms with E-state index < -0.39 is 0 Å². The van der Waals surface area contributed by atoms with Crippen molar-refractivity contribution < 1.29 is 8.83 Å². The molecule has 0 aliphatic carbocycles. The van der Waals surface area contributed by atoms with Gasteiger partial charge in [-0.3, -0.25) is 9.97 Å². The molecule has 0 radical (unpaired) electrons. The van der Waals surface area contributed by atoms with E-state index >= 15 is 0 Å². The summed E-state index contributed by atoms with van der Waals surface area (Å²) in [6.45, 7) is 0. The molecule has 636 valence electrons. The van der Waals surface area contributed by atoms with Gasteiger partial charge >= 0.3 is 0 Å². The van der Waals surface area contributed by atoms with Crippen LogP contribution in [0, 0.1) is 0 Å². The zero-order valence-electron chi connectivity index (χ0n) is 73.3. The number of aromatic nitrogens is 10. The van der Waals surface area contributed by atoms with Crippen LogP contribution in [0.5, 0.6) is 0 Å². The fourth-order valence-electron chi connectivity index (χ4n) is 19.5. The van der Waals surface area contributed by atoms with Crippen molar-refractivity contribution in [2.24, 2.45) is 0 Å². The Labute approximate surface area is 782 Å². The lowest BCUT2D eigenvalue weighted by Gasteiger charge is -2.16. The van der Waals surface area contributed by atoms with Crippen LogP contribution in [-0.2, 0) is 0 Å². The highest BCUT2D eigenvalue weighted by atomic mass is 16.3. The fraction of sp³-hybridized carbons (Fsp3) is 0. The Morgan fingerprint density at radius 3 is 0.875 bits per heavy atom. The first-order valence-electron chi connectivity index (χ1n) is 45.6. The van der Waals surface area contributed by atoms with Gasteiger partial charge in [-0.2, -0.15) is 0 Å². The van der Waals surface area contributed by atoms with Crippen LogP contribution in [0.25, 0.3) is 256 Å². The first-order chi connectivity index (χ1) is 67.4. The van der Waals surface area contributed by atoms with E-state index in [1.165, 1.54) is 5.39 Å². The third-order valence-electron chi connectivity index (χ3n) is 25.8. The molecular weight excluding hydrogens is 1660 g/mol. The topological polar surface area (TPSA) is 139 Å². The van der Waals surface area contributed by atoms with Gasteiger partial charge in [-0.1, -0.05) is 346 Å². The van der Waals surface area contributed by atoms with E-state index in [1.807, 2.05) is 140 Å². The highest BCUT2D eigenvalue weighted by Gasteiger charge is 2.28. The van der Waals surface area contributed by atoms with E-state index in [0.29, 0.717) is 34.9 Å². The first-order valence-corrected chi connectivity index (χ1v) is 45.6. The predicted molar refractivity (Wildman–Crippen MR) is 555 cm³/mol. The van der Waals surface area contributed by atoms with Crippen molar-refractivity contribution in [1.82, 2.24) is 49.0 Å². The molecule has 12 heteroatoms. The van der Waals surface area contributed by atoms with E-state index in [-0.39, 0.29) is 0 Å². The van der Waals surface area contributed by atoms with Gasteiger partial charge in [-0.05, 0) is 171 Å². The van der Waals surface area contributed by atoms with Crippen LogP contribution in [0.2, 0.25) is 0 Å². The van der Waals surface area contributed by atoms with Crippen LogP contribution in [0.15, 0.2) is 482 Å². The summed E-state index contributed by atoms with van der Waals surface area (Å²) in [6.07, 6.45) is 3.98. The van der Waals surface area contributed by atoms with Gasteiger partial charge in [0.2, 0.25) is 0 Å². The Hall–Kier alpha value is -18.5. The van der Waals surface area contributed by atoms with E-state index in [9.17, 15) is 0 Å². The Kier molecular flexibility index (Phi) is 20.0. The smallest absolute Gasteiger partial charge is 0.166 e. The third kappa shape index (κ3) is 14.5. The molecule has 0 aliphatic rings. The van der Waals surface area contributed by atoms with Crippen LogP contribution >= 0.6 is 0 Å². The van der Waals surface area contributed by atoms with Crippen molar-refractivity contribution in [3.05, 3.63) is 473 Å². The molecule has 0 atom stereocenters. The maximum Gasteiger partial charge on any atom is 0.166 e. The molecule has 0 fully saturated rings. The number of para-hydroxylation sites is 4. The predicted octanol–water partition coefficient (Wildman–Crippen LogP) is 31.9. The van der Waals surface area contributed by atoms with E-state index in [1.54, 1.807) is 0 Å². The molecular formula is C124H78N10O2. The monoisotopic (exact) mass is 1740 g/mol. The summed E-state index contributed by atoms with van der Waals surface area (Å²) in [5.74, 6) is 3.35. The summed E-state index contributed by atoms with van der Waals surface area (Å²) in [4.78, 5) is 42.1. The third-order valence-corrected chi connectivity index (χ3v) is 25.8. The summed E-state index contributed by atoms with van der Waals surface area (Å²) in [7, 11) is 0. The van der Waals surface area contributed by atoms with Crippen LogP contribution in [-0.4, -0.2) is 49.0 Å². The maximum absolute atomic E-state index is 6.82. The summed E-state index contributed by atoms with van der Waals surface area (Å²) >= 11 is 0. The molecule has 0 bridgehead atoms. The molecule has 0 N–H and O–H groups in total. The van der Waals surface area contributed by atoms with Crippen LogP contribution in [0.1, 0.15) is 0 Å². The van der Waals surface area contributed by atoms with E-state index in [2.05, 4.69) is 343 Å². The highest BCUT2D eigenvalue weighted by molar-refractivity contribution is 6.29. The van der Waals surface area contributed by atoms with Gasteiger partial charge < -0.3 is 18.0 Å². The molecule has 26 rings (SSSR count). The van der Waals surface area contributed by atoms with E-state index in [4.69, 9.17) is 48.7 Å². The van der Waals surface area contributed by atoms with Gasteiger partial charge in [0.1, 0.15) is 22.3 Å². The standard InChI is InChI=1S/2C62H39N5O/c1-6-18-40(19-7-1)44-30-32-48(41-20-8-2-9-21-41)50(36-44)46-38-52(62-65-60(42-22-10-3-11-23-42)64-61(66-62)43-24-12-4-13-25-43)59(63-39-46)45-31-34-55-51(37-45)58-56(68-55)35-33-54-57(58)49-28-16-17-29-53(49)67(54)47-26-14-5-15-27-47;1-6-18-40(19-7-1)44-30-32-48(41-20-8-2-9-21-41)51(36-44)46-37-52(62-65-60(42-22-10-3-11-23-42)64-61(66-62)43-24-12-4-13-25-43)59(63-39-46)45-31-33-50-56(38-45)68-55-35-34-54-57(58(50)55)49-28-16-17-29-53(49)67(54)47-26-14-5-15-27-47/h2*1-39H. The molecule has 0 saturated carbocycles. The molecule has 0 saturated heterocycles. The Morgan fingerprint density at radius 2 is 0.471 bits per heavy atom. The van der Waals surface area contributed by atoms with Crippen molar-refractivity contribution in [1.29, 1.82) is 0 Å². The molecule has 0 unspecified atom stereocenters. The van der Waals surface area contributed by atoms with Crippen molar-refractivity contribution in [2.45, 2.75) is 0 Å². The molecule has 26 aromatic rings. The largest absolute Gasteiger partial charge is 0.456 e. The van der Waals surface area contributed by atoms with E-state index in [0.717, 1.165) is 216 Å². The van der Waals surface area contributed by atoms with Gasteiger partial charge in [0.15, 0.2) is 34.9 Å². The Morgan fingerprint density at radius 1 is 0.162 bits per heavy atom. The summed E-state index contributed by atoms with van der Waals surface area (Å²) in [5.41, 5.74) is 31.2. The number of rotatable bonds is 16. The number of pyridine rings is 2. The number of hydrogen-bond acceptors (Lipinski definition) is 10. The first kappa shape index (κ1) is 79.6. The molecule has 0 aliphatic heterocycles. The quantitative estimate of drug-likeness (QED) is 0.0918. The minimum Gasteiger partial charge on any atom is -0.456 e. The minimum absolute atomic E-state index is 0.516. The van der Waals surface area contributed by atoms with Gasteiger partial charge in [0.05, 0.1) is 33.5 Å².